The number of benzene rings is 1. The smallest absolute Gasteiger partial charge is 0.410 e. The Morgan fingerprint density at radius 1 is 1.21 bits per heavy atom. The Hall–Kier alpha value is -1.85. The largest absolute Gasteiger partial charge is 0.444 e. The first-order chi connectivity index (χ1) is 13.4. The third kappa shape index (κ3) is 6.64. The summed E-state index contributed by atoms with van der Waals surface area (Å²) in [4.78, 5) is 14.4. The molecule has 154 valence electrons. The van der Waals surface area contributed by atoms with E-state index < -0.39 is 5.60 Å². The molecule has 1 aromatic carbocycles. The Bertz CT molecular complexity index is 652. The molecule has 1 aromatic rings. The van der Waals surface area contributed by atoms with Gasteiger partial charge >= 0.3 is 6.09 Å². The fourth-order valence-electron chi connectivity index (χ4n) is 3.49. The molecule has 1 amide bonds. The standard InChI is InChI=1S/C23H33NO4/c1-23(2,3)28-22(25)24-16-21-20(27-21)15-19(24)13-9-4-5-10-14-26-17-18-11-7-6-8-12-18/h4,6-9,11-12,19-21H,5,10,13-17H2,1-3H3/b9-4-/t19-,20+,21-/m1/s1. The summed E-state index contributed by atoms with van der Waals surface area (Å²) in [6.07, 6.45) is 8.40. The highest BCUT2D eigenvalue weighted by Crippen LogP contribution is 2.36. The number of nitrogens with zero attached hydrogens (tertiary/aromatic N) is 1. The quantitative estimate of drug-likeness (QED) is 0.368. The van der Waals surface area contributed by atoms with Crippen molar-refractivity contribution in [3.8, 4) is 0 Å². The summed E-state index contributed by atoms with van der Waals surface area (Å²) in [6.45, 7) is 7.77. The fraction of sp³-hybridized carbons (Fsp3) is 0.609. The second kappa shape index (κ2) is 9.57. The van der Waals surface area contributed by atoms with Crippen LogP contribution in [-0.4, -0.2) is 48.0 Å². The fourth-order valence-corrected chi connectivity index (χ4v) is 3.49. The molecule has 28 heavy (non-hydrogen) atoms. The van der Waals surface area contributed by atoms with E-state index >= 15 is 0 Å². The normalized spacial score (nSPS) is 24.2. The highest BCUT2D eigenvalue weighted by atomic mass is 16.6. The van der Waals surface area contributed by atoms with Crippen LogP contribution < -0.4 is 0 Å². The number of unbranched alkanes of at least 4 members (excludes halogenated alkanes) is 1. The van der Waals surface area contributed by atoms with Gasteiger partial charge in [-0.3, -0.25) is 0 Å². The zero-order valence-corrected chi connectivity index (χ0v) is 17.3. The number of piperidine rings is 1. The monoisotopic (exact) mass is 387 g/mol. The molecule has 0 aromatic heterocycles. The van der Waals surface area contributed by atoms with Crippen LogP contribution in [0.25, 0.3) is 0 Å². The molecule has 5 heteroatoms. The summed E-state index contributed by atoms with van der Waals surface area (Å²) in [7, 11) is 0. The van der Waals surface area contributed by atoms with Gasteiger partial charge in [0.2, 0.25) is 0 Å². The van der Waals surface area contributed by atoms with Crippen molar-refractivity contribution in [2.24, 2.45) is 0 Å². The number of epoxide rings is 1. The molecular weight excluding hydrogens is 354 g/mol. The van der Waals surface area contributed by atoms with E-state index in [1.165, 1.54) is 5.56 Å². The van der Waals surface area contributed by atoms with Gasteiger partial charge in [0.05, 0.1) is 19.3 Å². The Labute approximate surface area is 168 Å². The van der Waals surface area contributed by atoms with Gasteiger partial charge < -0.3 is 19.1 Å². The number of carbonyl (C=O) groups excluding carboxylic acids is 1. The van der Waals surface area contributed by atoms with Gasteiger partial charge in [-0.2, -0.15) is 0 Å². The zero-order valence-electron chi connectivity index (χ0n) is 17.3. The van der Waals surface area contributed by atoms with Crippen molar-refractivity contribution in [3.05, 3.63) is 48.0 Å². The number of hydrogen-bond acceptors (Lipinski definition) is 4. The van der Waals surface area contributed by atoms with E-state index in [-0.39, 0.29) is 18.2 Å². The van der Waals surface area contributed by atoms with Gasteiger partial charge in [-0.15, -0.1) is 0 Å². The molecule has 2 aliphatic rings. The number of hydrogen-bond donors (Lipinski definition) is 0. The van der Waals surface area contributed by atoms with Crippen LogP contribution >= 0.6 is 0 Å². The van der Waals surface area contributed by atoms with Gasteiger partial charge in [-0.25, -0.2) is 4.79 Å². The number of ether oxygens (including phenoxy) is 3. The summed E-state index contributed by atoms with van der Waals surface area (Å²) >= 11 is 0. The molecule has 2 aliphatic heterocycles. The topological polar surface area (TPSA) is 51.3 Å². The summed E-state index contributed by atoms with van der Waals surface area (Å²) in [5.74, 6) is 0. The Morgan fingerprint density at radius 2 is 2.00 bits per heavy atom. The van der Waals surface area contributed by atoms with Crippen LogP contribution in [0.15, 0.2) is 42.5 Å². The minimum Gasteiger partial charge on any atom is -0.444 e. The molecule has 2 saturated heterocycles. The lowest BCUT2D eigenvalue weighted by molar-refractivity contribution is 0.0126. The van der Waals surface area contributed by atoms with Crippen molar-refractivity contribution < 1.29 is 19.0 Å². The molecule has 3 rings (SSSR count). The van der Waals surface area contributed by atoms with Crippen LogP contribution in [-0.2, 0) is 20.8 Å². The maximum absolute atomic E-state index is 12.5. The summed E-state index contributed by atoms with van der Waals surface area (Å²) in [5.41, 5.74) is 0.733. The number of allylic oxidation sites excluding steroid dienone is 1. The van der Waals surface area contributed by atoms with Crippen molar-refractivity contribution >= 4 is 6.09 Å². The van der Waals surface area contributed by atoms with Crippen molar-refractivity contribution in [1.29, 1.82) is 0 Å². The summed E-state index contributed by atoms with van der Waals surface area (Å²) < 4.78 is 16.9. The number of rotatable bonds is 8. The molecular formula is C23H33NO4. The lowest BCUT2D eigenvalue weighted by Gasteiger charge is -2.34. The number of carbonyl (C=O) groups is 1. The predicted octanol–water partition coefficient (Wildman–Crippen LogP) is 4.71. The van der Waals surface area contributed by atoms with E-state index in [9.17, 15) is 4.79 Å². The van der Waals surface area contributed by atoms with Gasteiger partial charge in [0.15, 0.2) is 0 Å². The molecule has 0 radical (unpaired) electrons. The Balaban J connectivity index is 1.35. The van der Waals surface area contributed by atoms with E-state index in [1.807, 2.05) is 43.9 Å². The van der Waals surface area contributed by atoms with Gasteiger partial charge in [0, 0.05) is 12.6 Å². The number of amides is 1. The van der Waals surface area contributed by atoms with Crippen LogP contribution in [0, 0.1) is 0 Å². The third-order valence-corrected chi connectivity index (χ3v) is 4.98. The first kappa shape index (κ1) is 20.9. The second-order valence-corrected chi connectivity index (χ2v) is 8.62. The predicted molar refractivity (Wildman–Crippen MR) is 109 cm³/mol. The second-order valence-electron chi connectivity index (χ2n) is 8.62. The van der Waals surface area contributed by atoms with Crippen molar-refractivity contribution in [3.63, 3.8) is 0 Å². The van der Waals surface area contributed by atoms with Crippen LogP contribution in [0.3, 0.4) is 0 Å². The highest BCUT2D eigenvalue weighted by Gasteiger charge is 2.49. The minimum absolute atomic E-state index is 0.157. The maximum Gasteiger partial charge on any atom is 0.410 e. The molecule has 5 nitrogen and oxygen atoms in total. The molecule has 0 N–H and O–H groups in total. The van der Waals surface area contributed by atoms with E-state index in [1.54, 1.807) is 0 Å². The Morgan fingerprint density at radius 3 is 2.75 bits per heavy atom. The van der Waals surface area contributed by atoms with Crippen LogP contribution in [0.4, 0.5) is 4.79 Å². The first-order valence-electron chi connectivity index (χ1n) is 10.3. The van der Waals surface area contributed by atoms with Crippen LogP contribution in [0.1, 0.15) is 52.0 Å². The number of likely N-dealkylation sites (tertiary alicyclic amines) is 1. The summed E-state index contributed by atoms with van der Waals surface area (Å²) in [5, 5.41) is 0. The average molecular weight is 388 g/mol. The molecule has 0 saturated carbocycles. The maximum atomic E-state index is 12.5. The van der Waals surface area contributed by atoms with E-state index in [2.05, 4.69) is 24.3 Å². The van der Waals surface area contributed by atoms with E-state index in [4.69, 9.17) is 14.2 Å². The minimum atomic E-state index is -0.474. The van der Waals surface area contributed by atoms with Gasteiger partial charge in [0.1, 0.15) is 11.7 Å². The molecule has 0 bridgehead atoms. The molecule has 0 spiro atoms. The third-order valence-electron chi connectivity index (χ3n) is 4.98. The molecule has 2 heterocycles. The van der Waals surface area contributed by atoms with Crippen LogP contribution in [0.2, 0.25) is 0 Å². The van der Waals surface area contributed by atoms with E-state index in [0.29, 0.717) is 19.3 Å². The van der Waals surface area contributed by atoms with Crippen molar-refractivity contribution in [2.75, 3.05) is 13.2 Å². The SMILES string of the molecule is CC(C)(C)OC(=O)N1C[C@H]2O[C@H]2C[C@H]1C/C=C\CCCOCc1ccccc1. The van der Waals surface area contributed by atoms with Crippen molar-refractivity contribution in [2.45, 2.75) is 76.9 Å². The summed E-state index contributed by atoms with van der Waals surface area (Å²) in [6, 6.07) is 10.4. The zero-order chi connectivity index (χ0) is 20.0. The first-order valence-corrected chi connectivity index (χ1v) is 10.3. The molecule has 0 aliphatic carbocycles. The van der Waals surface area contributed by atoms with Gasteiger partial charge in [0.25, 0.3) is 0 Å². The lowest BCUT2D eigenvalue weighted by atomic mass is 9.99. The molecule has 0 unspecified atom stereocenters. The van der Waals surface area contributed by atoms with Gasteiger partial charge in [-0.05, 0) is 52.0 Å². The van der Waals surface area contributed by atoms with Gasteiger partial charge in [-0.1, -0.05) is 42.5 Å². The van der Waals surface area contributed by atoms with Crippen LogP contribution in [0.5, 0.6) is 0 Å². The highest BCUT2D eigenvalue weighted by molar-refractivity contribution is 5.69. The molecule has 2 fully saturated rings. The lowest BCUT2D eigenvalue weighted by Crippen LogP contribution is -2.48. The van der Waals surface area contributed by atoms with Crippen molar-refractivity contribution in [1.82, 2.24) is 4.90 Å². The Kier molecular flexibility index (Phi) is 7.13. The average Bonchev–Trinajstić information content (AvgIpc) is 3.41. The van der Waals surface area contributed by atoms with E-state index in [0.717, 1.165) is 32.3 Å². The molecule has 3 atom stereocenters. The number of fused-ring (bicyclic) bond motifs is 1.